The van der Waals surface area contributed by atoms with E-state index in [2.05, 4.69) is 5.32 Å². The van der Waals surface area contributed by atoms with Gasteiger partial charge in [-0.05, 0) is 55.0 Å². The molecule has 2 aromatic heterocycles. The lowest BCUT2D eigenvalue weighted by molar-refractivity contribution is 0.158. The molecule has 0 saturated heterocycles. The summed E-state index contributed by atoms with van der Waals surface area (Å²) in [5, 5.41) is 6.13. The number of amides is 1. The summed E-state index contributed by atoms with van der Waals surface area (Å²) in [7, 11) is 0. The molecule has 0 saturated carbocycles. The summed E-state index contributed by atoms with van der Waals surface area (Å²) in [5.41, 5.74) is 3.01. The first-order chi connectivity index (χ1) is 12.0. The minimum Gasteiger partial charge on any atom is -0.449 e. The number of anilines is 1. The summed E-state index contributed by atoms with van der Waals surface area (Å²) in [6.45, 7) is 4.67. The molecule has 25 heavy (non-hydrogen) atoms. The van der Waals surface area contributed by atoms with Crippen LogP contribution >= 0.6 is 34.3 Å². The van der Waals surface area contributed by atoms with Gasteiger partial charge in [0.1, 0.15) is 5.00 Å². The van der Waals surface area contributed by atoms with E-state index >= 15 is 0 Å². The molecule has 0 bridgehead atoms. The number of carbonyl (C=O) groups excluding carboxylic acids is 1. The van der Waals surface area contributed by atoms with Crippen LogP contribution in [-0.4, -0.2) is 17.3 Å². The number of rotatable bonds is 5. The number of aromatic nitrogens is 1. The predicted molar refractivity (Wildman–Crippen MR) is 104 cm³/mol. The molecule has 1 aromatic carbocycles. The summed E-state index contributed by atoms with van der Waals surface area (Å²) >= 11 is 8.67. The lowest BCUT2D eigenvalue weighted by atomic mass is 10.2. The lowest BCUT2D eigenvalue weighted by Gasteiger charge is -2.07. The summed E-state index contributed by atoms with van der Waals surface area (Å²) < 4.78 is 7.77. The van der Waals surface area contributed by atoms with E-state index in [4.69, 9.17) is 16.3 Å². The Balaban J connectivity index is 1.54. The van der Waals surface area contributed by atoms with E-state index in [9.17, 15) is 9.59 Å². The van der Waals surface area contributed by atoms with Gasteiger partial charge >= 0.3 is 11.0 Å². The minimum atomic E-state index is -0.476. The Bertz CT molecular complexity index is 974. The van der Waals surface area contributed by atoms with Crippen molar-refractivity contribution in [3.05, 3.63) is 49.4 Å². The van der Waals surface area contributed by atoms with Crippen molar-refractivity contribution in [1.29, 1.82) is 0 Å². The SMILES string of the molecule is Cc1csc(NC(=O)OCCCn2c(=O)sc3ccc(Cl)cc32)c1C. The number of fused-ring (bicyclic) bond motifs is 1. The highest BCUT2D eigenvalue weighted by Crippen LogP contribution is 2.26. The first kappa shape index (κ1) is 18.0. The second-order valence-electron chi connectivity index (χ2n) is 5.62. The molecule has 0 aliphatic carbocycles. The van der Waals surface area contributed by atoms with Gasteiger partial charge in [-0.25, -0.2) is 4.79 Å². The van der Waals surface area contributed by atoms with Gasteiger partial charge in [-0.15, -0.1) is 11.3 Å². The highest BCUT2D eigenvalue weighted by Gasteiger charge is 2.10. The molecule has 0 radical (unpaired) electrons. The highest BCUT2D eigenvalue weighted by atomic mass is 35.5. The molecule has 2 heterocycles. The Hall–Kier alpha value is -1.83. The van der Waals surface area contributed by atoms with Crippen LogP contribution in [0.4, 0.5) is 9.80 Å². The average molecular weight is 397 g/mol. The molecular weight excluding hydrogens is 380 g/mol. The number of halogens is 1. The van der Waals surface area contributed by atoms with Crippen molar-refractivity contribution < 1.29 is 9.53 Å². The first-order valence-corrected chi connectivity index (χ1v) is 9.80. The second kappa shape index (κ2) is 7.59. The normalized spacial score (nSPS) is 11.0. The zero-order valence-electron chi connectivity index (χ0n) is 13.8. The fourth-order valence-electron chi connectivity index (χ4n) is 2.39. The van der Waals surface area contributed by atoms with Gasteiger partial charge in [0.05, 0.1) is 16.8 Å². The molecule has 5 nitrogen and oxygen atoms in total. The smallest absolute Gasteiger partial charge is 0.412 e. The number of nitrogens with zero attached hydrogens (tertiary/aromatic N) is 1. The van der Waals surface area contributed by atoms with Crippen molar-refractivity contribution in [2.45, 2.75) is 26.8 Å². The number of hydrogen-bond acceptors (Lipinski definition) is 5. The van der Waals surface area contributed by atoms with E-state index in [1.807, 2.05) is 25.3 Å². The molecule has 0 aliphatic rings. The molecule has 3 aromatic rings. The van der Waals surface area contributed by atoms with Crippen molar-refractivity contribution in [3.63, 3.8) is 0 Å². The number of carbonyl (C=O) groups is 1. The van der Waals surface area contributed by atoms with Crippen LogP contribution in [0.25, 0.3) is 10.2 Å². The molecule has 0 spiro atoms. The van der Waals surface area contributed by atoms with Crippen LogP contribution in [0.15, 0.2) is 28.4 Å². The van der Waals surface area contributed by atoms with Crippen LogP contribution < -0.4 is 10.2 Å². The third-order valence-electron chi connectivity index (χ3n) is 3.89. The van der Waals surface area contributed by atoms with Crippen molar-refractivity contribution in [2.24, 2.45) is 0 Å². The zero-order chi connectivity index (χ0) is 18.0. The molecule has 3 rings (SSSR count). The number of thiazole rings is 1. The van der Waals surface area contributed by atoms with Gasteiger partial charge in [-0.3, -0.25) is 14.7 Å². The van der Waals surface area contributed by atoms with Gasteiger partial charge < -0.3 is 4.74 Å². The molecular formula is C17H17ClN2O3S2. The highest BCUT2D eigenvalue weighted by molar-refractivity contribution is 7.16. The first-order valence-electron chi connectivity index (χ1n) is 7.73. The third kappa shape index (κ3) is 4.05. The molecule has 0 fully saturated rings. The Morgan fingerprint density at radius 3 is 2.88 bits per heavy atom. The van der Waals surface area contributed by atoms with Crippen molar-refractivity contribution in [1.82, 2.24) is 4.57 Å². The van der Waals surface area contributed by atoms with Crippen LogP contribution in [0.5, 0.6) is 0 Å². The van der Waals surface area contributed by atoms with Gasteiger partial charge in [0.2, 0.25) is 0 Å². The maximum absolute atomic E-state index is 12.1. The molecule has 1 amide bonds. The maximum Gasteiger partial charge on any atom is 0.412 e. The summed E-state index contributed by atoms with van der Waals surface area (Å²) in [6, 6.07) is 5.39. The third-order valence-corrected chi connectivity index (χ3v) is 6.20. The summed E-state index contributed by atoms with van der Waals surface area (Å²) in [6.07, 6.45) is 0.0734. The molecule has 0 unspecified atom stereocenters. The fraction of sp³-hybridized carbons (Fsp3) is 0.294. The molecule has 0 atom stereocenters. The fourth-order valence-corrected chi connectivity index (χ4v) is 4.41. The van der Waals surface area contributed by atoms with Gasteiger partial charge in [0.15, 0.2) is 0 Å². The molecule has 1 N–H and O–H groups in total. The number of thiophene rings is 1. The van der Waals surface area contributed by atoms with Crippen molar-refractivity contribution in [3.8, 4) is 0 Å². The maximum atomic E-state index is 12.1. The summed E-state index contributed by atoms with van der Waals surface area (Å²) in [4.78, 5) is 23.9. The minimum absolute atomic E-state index is 0.0357. The average Bonchev–Trinajstić information content (AvgIpc) is 3.05. The van der Waals surface area contributed by atoms with E-state index in [1.54, 1.807) is 16.7 Å². The number of nitrogens with one attached hydrogen (secondary N) is 1. The Labute approximate surface area is 157 Å². The number of ether oxygens (including phenoxy) is 1. The Kier molecular flexibility index (Phi) is 5.46. The van der Waals surface area contributed by atoms with E-state index in [0.29, 0.717) is 18.0 Å². The predicted octanol–water partition coefficient (Wildman–Crippen LogP) is 5.03. The Morgan fingerprint density at radius 1 is 1.36 bits per heavy atom. The monoisotopic (exact) mass is 396 g/mol. The molecule has 8 heteroatoms. The van der Waals surface area contributed by atoms with Crippen molar-refractivity contribution >= 4 is 55.6 Å². The van der Waals surface area contributed by atoms with Crippen LogP contribution in [-0.2, 0) is 11.3 Å². The second-order valence-corrected chi connectivity index (χ2v) is 7.93. The van der Waals surface area contributed by atoms with Gasteiger partial charge in [-0.1, -0.05) is 22.9 Å². The summed E-state index contributed by atoms with van der Waals surface area (Å²) in [5.74, 6) is 0. The Morgan fingerprint density at radius 2 is 2.16 bits per heavy atom. The molecule has 132 valence electrons. The van der Waals surface area contributed by atoms with Gasteiger partial charge in [-0.2, -0.15) is 0 Å². The van der Waals surface area contributed by atoms with Crippen LogP contribution in [0.3, 0.4) is 0 Å². The van der Waals surface area contributed by atoms with Crippen LogP contribution in [0.2, 0.25) is 5.02 Å². The zero-order valence-corrected chi connectivity index (χ0v) is 16.2. The number of hydrogen-bond donors (Lipinski definition) is 1. The van der Waals surface area contributed by atoms with E-state index < -0.39 is 6.09 Å². The largest absolute Gasteiger partial charge is 0.449 e. The van der Waals surface area contributed by atoms with Gasteiger partial charge in [0.25, 0.3) is 0 Å². The topological polar surface area (TPSA) is 60.3 Å². The van der Waals surface area contributed by atoms with E-state index in [-0.39, 0.29) is 11.5 Å². The van der Waals surface area contributed by atoms with Crippen LogP contribution in [0.1, 0.15) is 17.5 Å². The quantitative estimate of drug-likeness (QED) is 0.615. The number of benzene rings is 1. The van der Waals surface area contributed by atoms with Gasteiger partial charge in [0, 0.05) is 11.6 Å². The van der Waals surface area contributed by atoms with E-state index in [1.165, 1.54) is 22.7 Å². The standard InChI is InChI=1S/C17H17ClN2O3S2/c1-10-9-24-15(11(10)2)19-16(21)23-7-3-6-20-13-8-12(18)4-5-14(13)25-17(20)22/h4-5,8-9H,3,6-7H2,1-2H3,(H,19,21). The lowest BCUT2D eigenvalue weighted by Crippen LogP contribution is -2.17. The van der Waals surface area contributed by atoms with Crippen LogP contribution in [0, 0.1) is 13.8 Å². The van der Waals surface area contributed by atoms with E-state index in [0.717, 1.165) is 26.3 Å². The van der Waals surface area contributed by atoms with Crippen molar-refractivity contribution in [2.75, 3.05) is 11.9 Å². The number of aryl methyl sites for hydroxylation is 2. The molecule has 0 aliphatic heterocycles.